The van der Waals surface area contributed by atoms with E-state index in [1.807, 2.05) is 0 Å². The normalized spacial score (nSPS) is 14.3. The van der Waals surface area contributed by atoms with Gasteiger partial charge in [-0.3, -0.25) is 4.79 Å². The third kappa shape index (κ3) is 7.19. The molecule has 0 fully saturated rings. The van der Waals surface area contributed by atoms with Crippen LogP contribution in [-0.2, 0) is 33.2 Å². The third-order valence-corrected chi connectivity index (χ3v) is 3.92. The molecule has 0 bridgehead atoms. The molecule has 31 heavy (non-hydrogen) atoms. The largest absolute Gasteiger partial charge is 0.416 e. The second-order valence-corrected chi connectivity index (χ2v) is 6.37. The Hall–Kier alpha value is -2.70. The van der Waals surface area contributed by atoms with E-state index >= 15 is 0 Å². The second kappa shape index (κ2) is 9.62. The Morgan fingerprint density at radius 1 is 0.935 bits per heavy atom. The quantitative estimate of drug-likeness (QED) is 0.467. The molecule has 2 rings (SSSR count). The minimum Gasteiger partial charge on any atom is -0.383 e. The zero-order valence-corrected chi connectivity index (χ0v) is 15.5. The van der Waals surface area contributed by atoms with Gasteiger partial charge in [0.2, 0.25) is 5.91 Å². The molecule has 1 unspecified atom stereocenters. The Morgan fingerprint density at radius 2 is 1.45 bits per heavy atom. The monoisotopic (exact) mass is 455 g/mol. The Kier molecular flexibility index (Phi) is 7.63. The number of aliphatic hydroxyl groups excluding tert-OH is 1. The fourth-order valence-electron chi connectivity index (χ4n) is 2.49. The number of benzene rings is 2. The number of hydrogen-bond acceptors (Lipinski definition) is 4. The highest BCUT2D eigenvalue weighted by atomic mass is 19.4. The molecule has 0 aliphatic heterocycles. The summed E-state index contributed by atoms with van der Waals surface area (Å²) in [6.07, 6.45) is -13.5. The van der Waals surface area contributed by atoms with E-state index in [0.29, 0.717) is 12.1 Å². The smallest absolute Gasteiger partial charge is 0.383 e. The van der Waals surface area contributed by atoms with Gasteiger partial charge >= 0.3 is 12.4 Å². The molecule has 0 radical (unpaired) electrons. The van der Waals surface area contributed by atoms with Gasteiger partial charge in [-0.1, -0.05) is 12.1 Å². The van der Waals surface area contributed by atoms with Crippen LogP contribution in [0.1, 0.15) is 28.4 Å². The predicted octanol–water partition coefficient (Wildman–Crippen LogP) is 3.94. The third-order valence-electron chi connectivity index (χ3n) is 3.92. The van der Waals surface area contributed by atoms with Crippen LogP contribution in [-0.4, -0.2) is 23.9 Å². The number of ether oxygens (including phenoxy) is 2. The number of carbonyl (C=O) groups excluding carboxylic acids is 1. The minimum absolute atomic E-state index is 0.0437. The van der Waals surface area contributed by atoms with Crippen LogP contribution in [0, 0.1) is 5.82 Å². The molecule has 5 nitrogen and oxygen atoms in total. The zero-order valence-electron chi connectivity index (χ0n) is 15.5. The number of halogens is 7. The van der Waals surface area contributed by atoms with Gasteiger partial charge in [0.25, 0.3) is 0 Å². The summed E-state index contributed by atoms with van der Waals surface area (Å²) in [4.78, 5) is 11.0. The maximum Gasteiger partial charge on any atom is 0.416 e. The summed E-state index contributed by atoms with van der Waals surface area (Å²) in [5, 5.41) is 10.3. The number of hydrogen-bond donors (Lipinski definition) is 2. The lowest BCUT2D eigenvalue weighted by Crippen LogP contribution is -2.30. The van der Waals surface area contributed by atoms with Gasteiger partial charge in [0, 0.05) is 0 Å². The zero-order chi connectivity index (χ0) is 23.4. The highest BCUT2D eigenvalue weighted by Crippen LogP contribution is 2.36. The standard InChI is InChI=1S/C19H16F7NO4/c20-14-3-1-11(2-4-14)16(29)17(31-9-15(27)28)30-8-10-5-12(18(21,22)23)7-13(6-10)19(24,25)26/h1-7,16-17,29H,8-9H2,(H2,27,28)/t16?,17-/m1/s1. The van der Waals surface area contributed by atoms with E-state index in [0.717, 1.165) is 24.3 Å². The maximum absolute atomic E-state index is 13.1. The van der Waals surface area contributed by atoms with Gasteiger partial charge in [0.15, 0.2) is 6.29 Å². The first-order valence-corrected chi connectivity index (χ1v) is 8.51. The first-order chi connectivity index (χ1) is 14.3. The minimum atomic E-state index is -5.05. The molecule has 0 saturated carbocycles. The van der Waals surface area contributed by atoms with Gasteiger partial charge in [-0.05, 0) is 41.5 Å². The molecule has 0 saturated heterocycles. The summed E-state index contributed by atoms with van der Waals surface area (Å²) < 4.78 is 101. The summed E-state index contributed by atoms with van der Waals surface area (Å²) in [6.45, 7) is -1.60. The number of primary amides is 1. The summed E-state index contributed by atoms with van der Waals surface area (Å²) in [5.74, 6) is -1.60. The van der Waals surface area contributed by atoms with E-state index in [1.54, 1.807) is 0 Å². The summed E-state index contributed by atoms with van der Waals surface area (Å²) in [6, 6.07) is 5.14. The van der Waals surface area contributed by atoms with Gasteiger partial charge in [-0.25, -0.2) is 4.39 Å². The van der Waals surface area contributed by atoms with Crippen molar-refractivity contribution >= 4 is 5.91 Å². The van der Waals surface area contributed by atoms with Crippen LogP contribution in [0.4, 0.5) is 30.7 Å². The van der Waals surface area contributed by atoms with Gasteiger partial charge in [0.05, 0.1) is 17.7 Å². The fourth-order valence-corrected chi connectivity index (χ4v) is 2.49. The van der Waals surface area contributed by atoms with Crippen molar-refractivity contribution in [2.75, 3.05) is 6.61 Å². The van der Waals surface area contributed by atoms with E-state index < -0.39 is 66.4 Å². The molecule has 0 aliphatic rings. The molecule has 0 aliphatic carbocycles. The van der Waals surface area contributed by atoms with Crippen LogP contribution in [0.5, 0.6) is 0 Å². The summed E-state index contributed by atoms with van der Waals surface area (Å²) in [7, 11) is 0. The molecule has 170 valence electrons. The van der Waals surface area contributed by atoms with Gasteiger partial charge < -0.3 is 20.3 Å². The predicted molar refractivity (Wildman–Crippen MR) is 91.5 cm³/mol. The van der Waals surface area contributed by atoms with Crippen LogP contribution in [0.2, 0.25) is 0 Å². The molecule has 2 atom stereocenters. The van der Waals surface area contributed by atoms with Gasteiger partial charge in [-0.2, -0.15) is 26.3 Å². The Bertz CT molecular complexity index is 865. The summed E-state index contributed by atoms with van der Waals surface area (Å²) >= 11 is 0. The van der Waals surface area contributed by atoms with Gasteiger partial charge in [-0.15, -0.1) is 0 Å². The lowest BCUT2D eigenvalue weighted by atomic mass is 10.0. The average molecular weight is 455 g/mol. The molecule has 2 aromatic rings. The number of amides is 1. The van der Waals surface area contributed by atoms with Crippen molar-refractivity contribution in [2.24, 2.45) is 5.73 Å². The number of rotatable bonds is 8. The van der Waals surface area contributed by atoms with E-state index in [1.165, 1.54) is 0 Å². The van der Waals surface area contributed by atoms with Crippen LogP contribution in [0.15, 0.2) is 42.5 Å². The molecule has 3 N–H and O–H groups in total. The van der Waals surface area contributed by atoms with Crippen molar-refractivity contribution in [1.29, 1.82) is 0 Å². The van der Waals surface area contributed by atoms with Crippen LogP contribution in [0.25, 0.3) is 0 Å². The Morgan fingerprint density at radius 3 is 1.90 bits per heavy atom. The molecule has 1 amide bonds. The van der Waals surface area contributed by atoms with Crippen LogP contribution in [0.3, 0.4) is 0 Å². The highest BCUT2D eigenvalue weighted by molar-refractivity contribution is 5.75. The average Bonchev–Trinajstić information content (AvgIpc) is 2.66. The van der Waals surface area contributed by atoms with Crippen molar-refractivity contribution in [2.45, 2.75) is 31.4 Å². The van der Waals surface area contributed by atoms with Crippen LogP contribution >= 0.6 is 0 Å². The number of carbonyl (C=O) groups is 1. The van der Waals surface area contributed by atoms with E-state index in [9.17, 15) is 40.6 Å². The molecule has 2 aromatic carbocycles. The topological polar surface area (TPSA) is 81.8 Å². The van der Waals surface area contributed by atoms with Crippen molar-refractivity contribution in [3.05, 3.63) is 70.5 Å². The molecular formula is C19H16F7NO4. The van der Waals surface area contributed by atoms with Crippen molar-refractivity contribution in [1.82, 2.24) is 0 Å². The number of nitrogens with two attached hydrogens (primary N) is 1. The lowest BCUT2D eigenvalue weighted by molar-refractivity contribution is -0.202. The van der Waals surface area contributed by atoms with E-state index in [2.05, 4.69) is 0 Å². The molecular weight excluding hydrogens is 439 g/mol. The van der Waals surface area contributed by atoms with Crippen molar-refractivity contribution < 1.29 is 50.1 Å². The van der Waals surface area contributed by atoms with Crippen molar-refractivity contribution in [3.63, 3.8) is 0 Å². The van der Waals surface area contributed by atoms with Crippen molar-refractivity contribution in [3.8, 4) is 0 Å². The maximum atomic E-state index is 13.1. The molecule has 12 heteroatoms. The van der Waals surface area contributed by atoms with E-state index in [4.69, 9.17) is 15.2 Å². The first kappa shape index (κ1) is 24.6. The molecule has 0 spiro atoms. The first-order valence-electron chi connectivity index (χ1n) is 8.51. The summed E-state index contributed by atoms with van der Waals surface area (Å²) in [5.41, 5.74) is 1.39. The SMILES string of the molecule is NC(=O)CO[C@@H](OCc1cc(C(F)(F)F)cc(C(F)(F)F)c1)C(O)c1ccc(F)cc1. The van der Waals surface area contributed by atoms with E-state index in [-0.39, 0.29) is 11.6 Å². The fraction of sp³-hybridized carbons (Fsp3) is 0.316. The Labute approximate surface area is 171 Å². The lowest BCUT2D eigenvalue weighted by Gasteiger charge is -2.24. The Balaban J connectivity index is 2.28. The molecule has 0 heterocycles. The highest BCUT2D eigenvalue weighted by Gasteiger charge is 2.37. The molecule has 0 aromatic heterocycles. The van der Waals surface area contributed by atoms with Crippen LogP contribution < -0.4 is 5.73 Å². The number of alkyl halides is 6. The van der Waals surface area contributed by atoms with Gasteiger partial charge in [0.1, 0.15) is 18.5 Å². The number of aliphatic hydroxyl groups is 1. The second-order valence-electron chi connectivity index (χ2n) is 6.37.